The fourth-order valence-corrected chi connectivity index (χ4v) is 3.53. The number of carbonyl (C=O) groups is 3. The molecule has 31 heavy (non-hydrogen) atoms. The highest BCUT2D eigenvalue weighted by atomic mass is 35.5. The lowest BCUT2D eigenvalue weighted by Crippen LogP contribution is -2.31. The third-order valence-corrected chi connectivity index (χ3v) is 5.12. The number of hydrogen-bond acceptors (Lipinski definition) is 6. The molecule has 1 aliphatic rings. The van der Waals surface area contributed by atoms with Gasteiger partial charge in [0.05, 0.1) is 16.5 Å². The molecule has 1 saturated heterocycles. The summed E-state index contributed by atoms with van der Waals surface area (Å²) in [4.78, 5) is 47.9. The number of benzene rings is 2. The molecule has 1 amide bonds. The molecule has 1 heterocycles. The van der Waals surface area contributed by atoms with Crippen LogP contribution in [-0.2, 0) is 14.4 Å². The van der Waals surface area contributed by atoms with Gasteiger partial charge in [-0.3, -0.25) is 24.5 Å². The first kappa shape index (κ1) is 22.0. The fourth-order valence-electron chi connectivity index (χ4n) is 3.40. The van der Waals surface area contributed by atoms with Crippen LogP contribution in [0.2, 0.25) is 5.02 Å². The molecule has 10 heteroatoms. The summed E-state index contributed by atoms with van der Waals surface area (Å²) >= 11 is 5.87. The Labute approximate surface area is 181 Å². The molecule has 1 aliphatic heterocycles. The molecule has 3 rings (SSSR count). The number of nitrogens with zero attached hydrogens (tertiary/aromatic N) is 2. The number of ketones is 1. The van der Waals surface area contributed by atoms with E-state index >= 15 is 0 Å². The van der Waals surface area contributed by atoms with E-state index in [2.05, 4.69) is 0 Å². The number of non-ortho nitro benzene ring substituents is 1. The predicted octanol–water partition coefficient (Wildman–Crippen LogP) is 3.53. The monoisotopic (exact) mass is 444 g/mol. The summed E-state index contributed by atoms with van der Waals surface area (Å²) in [5.74, 6) is -3.28. The van der Waals surface area contributed by atoms with Crippen LogP contribution in [0.4, 0.5) is 5.69 Å². The summed E-state index contributed by atoms with van der Waals surface area (Å²) < 4.78 is 0. The van der Waals surface area contributed by atoms with Crippen LogP contribution >= 0.6 is 11.6 Å². The summed E-state index contributed by atoms with van der Waals surface area (Å²) in [7, 11) is 0. The van der Waals surface area contributed by atoms with E-state index in [4.69, 9.17) is 16.7 Å². The van der Waals surface area contributed by atoms with Gasteiger partial charge in [0, 0.05) is 35.7 Å². The van der Waals surface area contributed by atoms with Crippen molar-refractivity contribution in [1.82, 2.24) is 4.90 Å². The maximum Gasteiger partial charge on any atom is 0.303 e. The number of nitro benzene ring substituents is 1. The third kappa shape index (κ3) is 4.56. The summed E-state index contributed by atoms with van der Waals surface area (Å²) in [6.07, 6.45) is -0.125. The van der Waals surface area contributed by atoms with Crippen molar-refractivity contribution < 1.29 is 29.5 Å². The predicted molar refractivity (Wildman–Crippen MR) is 110 cm³/mol. The molecular weight excluding hydrogens is 428 g/mol. The van der Waals surface area contributed by atoms with Gasteiger partial charge in [0.15, 0.2) is 0 Å². The van der Waals surface area contributed by atoms with E-state index in [-0.39, 0.29) is 36.2 Å². The number of carboxylic acid groups (broad SMARTS) is 1. The standard InChI is InChI=1S/C21H17ClN2O7/c22-14-7-3-13(4-8-14)19(27)17-18(12-5-9-15(10-6-12)24(30)31)23(21(29)20(17)28)11-1-2-16(25)26/h3-10,18,27H,1-2,11H2,(H,25,26). The molecule has 0 saturated carbocycles. The largest absolute Gasteiger partial charge is 0.507 e. The van der Waals surface area contributed by atoms with Gasteiger partial charge < -0.3 is 15.1 Å². The summed E-state index contributed by atoms with van der Waals surface area (Å²) in [5.41, 5.74) is 0.274. The minimum atomic E-state index is -1.05. The van der Waals surface area contributed by atoms with Crippen molar-refractivity contribution in [2.24, 2.45) is 0 Å². The molecule has 2 aromatic carbocycles. The zero-order valence-electron chi connectivity index (χ0n) is 16.0. The smallest absolute Gasteiger partial charge is 0.303 e. The first-order valence-corrected chi connectivity index (χ1v) is 9.59. The number of rotatable bonds is 7. The second-order valence-electron chi connectivity index (χ2n) is 6.85. The Morgan fingerprint density at radius 1 is 1.06 bits per heavy atom. The number of carbonyl (C=O) groups excluding carboxylic acids is 2. The van der Waals surface area contributed by atoms with E-state index in [1.807, 2.05) is 0 Å². The van der Waals surface area contributed by atoms with Crippen LogP contribution in [0.1, 0.15) is 30.0 Å². The maximum absolute atomic E-state index is 12.8. The van der Waals surface area contributed by atoms with E-state index in [9.17, 15) is 29.6 Å². The number of amides is 1. The molecular formula is C21H17ClN2O7. The average molecular weight is 445 g/mol. The zero-order chi connectivity index (χ0) is 22.7. The molecule has 160 valence electrons. The van der Waals surface area contributed by atoms with Crippen molar-refractivity contribution in [3.05, 3.63) is 80.4 Å². The Bertz CT molecular complexity index is 1080. The Balaban J connectivity index is 2.10. The van der Waals surface area contributed by atoms with Crippen LogP contribution in [-0.4, -0.2) is 44.2 Å². The minimum Gasteiger partial charge on any atom is -0.507 e. The van der Waals surface area contributed by atoms with Gasteiger partial charge in [-0.25, -0.2) is 0 Å². The number of aliphatic hydroxyl groups excluding tert-OH is 1. The van der Waals surface area contributed by atoms with Crippen LogP contribution in [0.3, 0.4) is 0 Å². The van der Waals surface area contributed by atoms with Gasteiger partial charge in [-0.2, -0.15) is 0 Å². The quantitative estimate of drug-likeness (QED) is 0.219. The van der Waals surface area contributed by atoms with E-state index in [0.717, 1.165) is 0 Å². The van der Waals surface area contributed by atoms with Crippen molar-refractivity contribution in [3.63, 3.8) is 0 Å². The molecule has 0 bridgehead atoms. The molecule has 1 unspecified atom stereocenters. The topological polar surface area (TPSA) is 138 Å². The summed E-state index contributed by atoms with van der Waals surface area (Å²) in [5, 5.41) is 31.1. The Kier molecular flexibility index (Phi) is 6.36. The second-order valence-corrected chi connectivity index (χ2v) is 7.28. The normalized spacial score (nSPS) is 17.7. The van der Waals surface area contributed by atoms with Crippen LogP contribution in [0, 0.1) is 10.1 Å². The number of Topliss-reactive ketones (excluding diaryl/α,β-unsaturated/α-hetero) is 1. The van der Waals surface area contributed by atoms with Gasteiger partial charge in [0.2, 0.25) is 0 Å². The molecule has 0 aliphatic carbocycles. The lowest BCUT2D eigenvalue weighted by atomic mass is 9.95. The van der Waals surface area contributed by atoms with Gasteiger partial charge >= 0.3 is 5.97 Å². The number of likely N-dealkylation sites (tertiary alicyclic amines) is 1. The first-order valence-electron chi connectivity index (χ1n) is 9.21. The van der Waals surface area contributed by atoms with Gasteiger partial charge in [0.1, 0.15) is 5.76 Å². The zero-order valence-corrected chi connectivity index (χ0v) is 16.8. The summed E-state index contributed by atoms with van der Waals surface area (Å²) in [6, 6.07) is 10.2. The Morgan fingerprint density at radius 3 is 2.23 bits per heavy atom. The van der Waals surface area contributed by atoms with Crippen LogP contribution in [0.15, 0.2) is 54.1 Å². The molecule has 9 nitrogen and oxygen atoms in total. The number of hydrogen-bond donors (Lipinski definition) is 2. The molecule has 0 radical (unpaired) electrons. The molecule has 0 aromatic heterocycles. The minimum absolute atomic E-state index is 0.0457. The van der Waals surface area contributed by atoms with Gasteiger partial charge in [-0.1, -0.05) is 11.6 Å². The fraction of sp³-hybridized carbons (Fsp3) is 0.190. The van der Waals surface area contributed by atoms with E-state index in [1.54, 1.807) is 0 Å². The van der Waals surface area contributed by atoms with Crippen molar-refractivity contribution in [2.75, 3.05) is 6.54 Å². The number of carboxylic acids is 1. The molecule has 2 aromatic rings. The number of halogens is 1. The van der Waals surface area contributed by atoms with Crippen LogP contribution in [0.5, 0.6) is 0 Å². The van der Waals surface area contributed by atoms with Crippen LogP contribution < -0.4 is 0 Å². The molecule has 2 N–H and O–H groups in total. The van der Waals surface area contributed by atoms with Gasteiger partial charge in [-0.05, 0) is 48.4 Å². The van der Waals surface area contributed by atoms with Gasteiger partial charge in [0.25, 0.3) is 17.4 Å². The lowest BCUT2D eigenvalue weighted by molar-refractivity contribution is -0.384. The highest BCUT2D eigenvalue weighted by molar-refractivity contribution is 6.46. The van der Waals surface area contributed by atoms with Crippen molar-refractivity contribution in [2.45, 2.75) is 18.9 Å². The molecule has 1 atom stereocenters. The number of nitro groups is 1. The Hall–Kier alpha value is -3.72. The SMILES string of the molecule is O=C(O)CCCN1C(=O)C(=O)C(=C(O)c2ccc(Cl)cc2)C1c1ccc([N+](=O)[O-])cc1. The maximum atomic E-state index is 12.8. The lowest BCUT2D eigenvalue weighted by Gasteiger charge is -2.25. The second kappa shape index (κ2) is 8.97. The van der Waals surface area contributed by atoms with E-state index < -0.39 is 34.4 Å². The van der Waals surface area contributed by atoms with Crippen molar-refractivity contribution >= 4 is 40.7 Å². The van der Waals surface area contributed by atoms with Gasteiger partial charge in [-0.15, -0.1) is 0 Å². The average Bonchev–Trinajstić information content (AvgIpc) is 2.98. The van der Waals surface area contributed by atoms with E-state index in [1.165, 1.54) is 53.4 Å². The highest BCUT2D eigenvalue weighted by Crippen LogP contribution is 2.40. The highest BCUT2D eigenvalue weighted by Gasteiger charge is 2.45. The van der Waals surface area contributed by atoms with Crippen molar-refractivity contribution in [1.29, 1.82) is 0 Å². The number of aliphatic carboxylic acids is 1. The summed E-state index contributed by atoms with van der Waals surface area (Å²) in [6.45, 7) is -0.0457. The van der Waals surface area contributed by atoms with Crippen molar-refractivity contribution in [3.8, 4) is 0 Å². The third-order valence-electron chi connectivity index (χ3n) is 4.87. The van der Waals surface area contributed by atoms with E-state index in [0.29, 0.717) is 10.6 Å². The number of aliphatic hydroxyl groups is 1. The Morgan fingerprint density at radius 2 is 1.68 bits per heavy atom. The van der Waals surface area contributed by atoms with Crippen LogP contribution in [0.25, 0.3) is 5.76 Å². The molecule has 1 fully saturated rings. The molecule has 0 spiro atoms. The first-order chi connectivity index (χ1) is 14.7.